The second kappa shape index (κ2) is 23.5. The summed E-state index contributed by atoms with van der Waals surface area (Å²) in [5.41, 5.74) is 17.7. The lowest BCUT2D eigenvalue weighted by atomic mass is 9.95. The van der Waals surface area contributed by atoms with E-state index in [4.69, 9.17) is 19.4 Å². The summed E-state index contributed by atoms with van der Waals surface area (Å²) in [5, 5.41) is 9.85. The molecule has 9 heterocycles. The Labute approximate surface area is 491 Å². The minimum Gasteiger partial charge on any atom is -0.440 e. The summed E-state index contributed by atoms with van der Waals surface area (Å²) >= 11 is 1.86. The average molecular weight is 1120 g/mol. The van der Waals surface area contributed by atoms with Gasteiger partial charge < -0.3 is 28.3 Å². The number of hydrogen-bond donors (Lipinski definition) is 2. The van der Waals surface area contributed by atoms with Gasteiger partial charge in [0.15, 0.2) is 11.5 Å². The van der Waals surface area contributed by atoms with Crippen molar-refractivity contribution >= 4 is 99.8 Å². The summed E-state index contributed by atoms with van der Waals surface area (Å²) in [6.07, 6.45) is 15.7. The second-order valence-corrected chi connectivity index (χ2v) is 22.7. The molecular weight excluding hydrogens is 1060 g/mol. The quantitative estimate of drug-likeness (QED) is 0.102. The number of nitrogens with one attached hydrogen (secondary N) is 2. The molecule has 13 aromatic rings. The van der Waals surface area contributed by atoms with Crippen LogP contribution >= 0.6 is 11.3 Å². The zero-order valence-electron chi connectivity index (χ0n) is 47.0. The maximum Gasteiger partial charge on any atom is 0.272 e. The first-order valence-corrected chi connectivity index (χ1v) is 29.4. The van der Waals surface area contributed by atoms with Gasteiger partial charge in [-0.3, -0.25) is 9.78 Å². The number of carbonyl (C=O) groups excluding carboxylic acids is 1. The maximum atomic E-state index is 13.0. The van der Waals surface area contributed by atoms with Crippen molar-refractivity contribution in [3.05, 3.63) is 241 Å². The van der Waals surface area contributed by atoms with Gasteiger partial charge in [-0.25, -0.2) is 20.4 Å². The van der Waals surface area contributed by atoms with Crippen LogP contribution in [-0.2, 0) is 14.1 Å². The van der Waals surface area contributed by atoms with Crippen molar-refractivity contribution in [1.82, 2.24) is 49.3 Å². The summed E-state index contributed by atoms with van der Waals surface area (Å²) < 4.78 is 11.7. The van der Waals surface area contributed by atoms with E-state index in [1.807, 2.05) is 102 Å². The third-order valence-electron chi connectivity index (χ3n) is 16.4. The third kappa shape index (κ3) is 10.9. The standard InChI is InChI=1S/C24H17N5O.C23H23N3O.C23H23N3S/c30-24(29-27-15-17-14-26-21-7-3-1-5-18(17)21)20-13-23(16-9-11-25-12-10-16)28-22-8-4-2-6-19(20)22;2*1-16(19-15-25(2)21-9-5-3-7-18(19)21)26-13-11-17(12-14-26)23-24-20-8-4-6-10-22(20)27-23/h1-15,26H,(H,29,30);2*3-10,15,17H,1,11-14H2,2H3/b27-15+;;. The summed E-state index contributed by atoms with van der Waals surface area (Å²) in [5.74, 6) is 1.54. The SMILES string of the molecule is C=C(c1cn(C)c2ccccc12)N1CCC(c2nc3ccccc3o2)CC1.C=C(c1cn(C)c2ccccc12)N1CCC(c2nc3ccccc3s2)CC1.O=C(N/N=C/c1c[nH]c2ccccc12)c1cc(-c2ccncc2)nc2ccccc12. The Morgan fingerprint density at radius 1 is 0.619 bits per heavy atom. The topological polar surface area (TPSA) is 138 Å². The largest absolute Gasteiger partial charge is 0.440 e. The van der Waals surface area contributed by atoms with E-state index >= 15 is 0 Å². The number of piperidine rings is 2. The number of pyridine rings is 2. The number of hydrazone groups is 1. The van der Waals surface area contributed by atoms with Gasteiger partial charge in [-0.15, -0.1) is 11.3 Å². The van der Waals surface area contributed by atoms with Crippen molar-refractivity contribution in [2.24, 2.45) is 19.2 Å². The minimum absolute atomic E-state index is 0.292. The van der Waals surface area contributed by atoms with Crippen LogP contribution in [0.15, 0.2) is 217 Å². The number of hydrogen-bond acceptors (Lipinski definition) is 10. The number of fused-ring (bicyclic) bond motifs is 6. The lowest BCUT2D eigenvalue weighted by Crippen LogP contribution is -2.31. The van der Waals surface area contributed by atoms with Gasteiger partial charge in [0.25, 0.3) is 5.91 Å². The fourth-order valence-corrected chi connectivity index (χ4v) is 13.0. The molecule has 13 nitrogen and oxygen atoms in total. The second-order valence-electron chi connectivity index (χ2n) is 21.6. The van der Waals surface area contributed by atoms with E-state index in [2.05, 4.69) is 152 Å². The van der Waals surface area contributed by atoms with Crippen LogP contribution < -0.4 is 5.43 Å². The maximum absolute atomic E-state index is 13.0. The van der Waals surface area contributed by atoms with E-state index in [-0.39, 0.29) is 5.91 Å². The number of thiazole rings is 1. The zero-order chi connectivity index (χ0) is 57.1. The molecule has 2 saturated heterocycles. The lowest BCUT2D eigenvalue weighted by Gasteiger charge is -2.34. The van der Waals surface area contributed by atoms with Crippen LogP contribution in [0.4, 0.5) is 0 Å². The highest BCUT2D eigenvalue weighted by molar-refractivity contribution is 7.18. The van der Waals surface area contributed by atoms with E-state index < -0.39 is 0 Å². The lowest BCUT2D eigenvalue weighted by molar-refractivity contribution is 0.0956. The molecule has 2 N–H and O–H groups in total. The number of nitrogens with zero attached hydrogens (tertiary/aromatic N) is 9. The van der Waals surface area contributed by atoms with E-state index in [1.54, 1.807) is 24.7 Å². The molecule has 416 valence electrons. The van der Waals surface area contributed by atoms with Gasteiger partial charge in [-0.2, -0.15) is 5.10 Å². The molecule has 0 aliphatic carbocycles. The Kier molecular flexibility index (Phi) is 14.9. The highest BCUT2D eigenvalue weighted by atomic mass is 32.1. The van der Waals surface area contributed by atoms with Gasteiger partial charge in [0, 0.05) is 155 Å². The molecule has 0 bridgehead atoms. The van der Waals surface area contributed by atoms with Gasteiger partial charge in [0.1, 0.15) is 5.52 Å². The van der Waals surface area contributed by atoms with Crippen LogP contribution in [0.3, 0.4) is 0 Å². The fraction of sp³-hybridized carbons (Fsp3) is 0.171. The molecule has 0 spiro atoms. The monoisotopic (exact) mass is 1120 g/mol. The van der Waals surface area contributed by atoms with E-state index in [0.29, 0.717) is 23.1 Å². The molecule has 2 aliphatic rings. The highest BCUT2D eigenvalue weighted by Crippen LogP contribution is 2.38. The molecule has 1 amide bonds. The number of amides is 1. The predicted molar refractivity (Wildman–Crippen MR) is 343 cm³/mol. The van der Waals surface area contributed by atoms with E-state index in [0.717, 1.165) is 119 Å². The zero-order valence-corrected chi connectivity index (χ0v) is 47.8. The molecule has 0 saturated carbocycles. The van der Waals surface area contributed by atoms with Crippen molar-refractivity contribution in [2.75, 3.05) is 26.2 Å². The number of oxazole rings is 1. The number of aryl methyl sites for hydroxylation is 2. The number of carbonyl (C=O) groups is 1. The smallest absolute Gasteiger partial charge is 0.272 e. The number of aromatic nitrogens is 7. The molecule has 7 aromatic heterocycles. The summed E-state index contributed by atoms with van der Waals surface area (Å²) in [6, 6.07) is 54.6. The Morgan fingerprint density at radius 3 is 1.83 bits per heavy atom. The van der Waals surface area contributed by atoms with Crippen LogP contribution in [0.25, 0.3) is 87.6 Å². The first kappa shape index (κ1) is 53.4. The summed E-state index contributed by atoms with van der Waals surface area (Å²) in [7, 11) is 4.21. The van der Waals surface area contributed by atoms with Crippen LogP contribution in [0.1, 0.15) is 75.5 Å². The first-order chi connectivity index (χ1) is 41.2. The van der Waals surface area contributed by atoms with Crippen LogP contribution in [0.2, 0.25) is 0 Å². The average Bonchev–Trinajstić information content (AvgIpc) is 3.86. The Hall–Kier alpha value is -9.92. The minimum atomic E-state index is -0.292. The molecule has 6 aromatic carbocycles. The van der Waals surface area contributed by atoms with Crippen LogP contribution in [0, 0.1) is 0 Å². The number of H-pyrrole nitrogens is 1. The Morgan fingerprint density at radius 2 is 1.18 bits per heavy atom. The third-order valence-corrected chi connectivity index (χ3v) is 17.6. The van der Waals surface area contributed by atoms with Crippen molar-refractivity contribution in [3.63, 3.8) is 0 Å². The molecule has 0 atom stereocenters. The summed E-state index contributed by atoms with van der Waals surface area (Å²) in [6.45, 7) is 12.9. The van der Waals surface area contributed by atoms with Crippen LogP contribution in [0.5, 0.6) is 0 Å². The number of rotatable bonds is 10. The molecule has 0 radical (unpaired) electrons. The Balaban J connectivity index is 0.000000118. The van der Waals surface area contributed by atoms with Crippen LogP contribution in [-0.4, -0.2) is 82.2 Å². The normalized spacial score (nSPS) is 14.1. The highest BCUT2D eigenvalue weighted by Gasteiger charge is 2.28. The molecule has 84 heavy (non-hydrogen) atoms. The number of aromatic amines is 1. The molecule has 15 rings (SSSR count). The van der Waals surface area contributed by atoms with E-state index in [1.165, 1.54) is 42.6 Å². The fourth-order valence-electron chi connectivity index (χ4n) is 11.9. The van der Waals surface area contributed by atoms with Gasteiger partial charge in [-0.1, -0.05) is 110 Å². The number of benzene rings is 6. The van der Waals surface area contributed by atoms with Crippen molar-refractivity contribution in [2.45, 2.75) is 37.5 Å². The van der Waals surface area contributed by atoms with Gasteiger partial charge in [0.05, 0.1) is 38.2 Å². The molecule has 2 aliphatic heterocycles. The Bertz CT molecular complexity index is 4320. The number of para-hydroxylation sites is 7. The van der Waals surface area contributed by atoms with Crippen molar-refractivity contribution in [3.8, 4) is 11.3 Å². The van der Waals surface area contributed by atoms with Gasteiger partial charge in [0.2, 0.25) is 0 Å². The first-order valence-electron chi connectivity index (χ1n) is 28.6. The molecule has 14 heteroatoms. The van der Waals surface area contributed by atoms with Crippen molar-refractivity contribution < 1.29 is 9.21 Å². The predicted octanol–water partition coefficient (Wildman–Crippen LogP) is 15.4. The molecule has 0 unspecified atom stereocenters. The molecule has 2 fully saturated rings. The molecular formula is C70H63N11O2S. The van der Waals surface area contributed by atoms with E-state index in [9.17, 15) is 4.79 Å². The number of likely N-dealkylation sites (tertiary alicyclic amines) is 2. The van der Waals surface area contributed by atoms with Crippen molar-refractivity contribution in [1.29, 1.82) is 0 Å². The van der Waals surface area contributed by atoms with Gasteiger partial charge in [-0.05, 0) is 92.4 Å². The van der Waals surface area contributed by atoms with Gasteiger partial charge >= 0.3 is 0 Å². The summed E-state index contributed by atoms with van der Waals surface area (Å²) in [4.78, 5) is 39.3.